The van der Waals surface area contributed by atoms with Crippen LogP contribution in [0, 0.1) is 5.92 Å². The third-order valence-electron chi connectivity index (χ3n) is 3.00. The number of aromatic nitrogens is 2. The van der Waals surface area contributed by atoms with Gasteiger partial charge in [-0.15, -0.1) is 12.4 Å². The number of piperidine rings is 1. The van der Waals surface area contributed by atoms with Crippen LogP contribution in [0.25, 0.3) is 0 Å². The Morgan fingerprint density at radius 2 is 2.12 bits per heavy atom. The van der Waals surface area contributed by atoms with Crippen molar-refractivity contribution in [1.82, 2.24) is 15.3 Å². The van der Waals surface area contributed by atoms with Crippen LogP contribution in [-0.4, -0.2) is 29.7 Å². The van der Waals surface area contributed by atoms with Crippen molar-refractivity contribution in [1.29, 1.82) is 0 Å². The van der Waals surface area contributed by atoms with E-state index < -0.39 is 0 Å². The molecule has 2 rings (SSSR count). The molecular formula is C12H20ClN3O. The van der Waals surface area contributed by atoms with Gasteiger partial charge in [0.25, 0.3) is 0 Å². The van der Waals surface area contributed by atoms with E-state index in [-0.39, 0.29) is 12.4 Å². The van der Waals surface area contributed by atoms with Crippen molar-refractivity contribution < 1.29 is 4.74 Å². The first-order chi connectivity index (χ1) is 7.95. The Morgan fingerprint density at radius 3 is 2.82 bits per heavy atom. The SMILES string of the molecule is Cl.c1cnc(OCCCC2CCNCC2)cn1. The summed E-state index contributed by atoms with van der Waals surface area (Å²) in [6.45, 7) is 3.11. The van der Waals surface area contributed by atoms with Gasteiger partial charge in [0.15, 0.2) is 0 Å². The first kappa shape index (κ1) is 14.2. The zero-order valence-electron chi connectivity index (χ0n) is 9.97. The molecule has 0 aromatic carbocycles. The molecule has 2 heterocycles. The van der Waals surface area contributed by atoms with E-state index in [4.69, 9.17) is 4.74 Å². The molecule has 17 heavy (non-hydrogen) atoms. The Morgan fingerprint density at radius 1 is 1.29 bits per heavy atom. The van der Waals surface area contributed by atoms with E-state index >= 15 is 0 Å². The van der Waals surface area contributed by atoms with Gasteiger partial charge in [-0.2, -0.15) is 0 Å². The highest BCUT2D eigenvalue weighted by atomic mass is 35.5. The molecule has 1 aromatic rings. The predicted molar refractivity (Wildman–Crippen MR) is 69.6 cm³/mol. The molecule has 0 saturated carbocycles. The minimum Gasteiger partial charge on any atom is -0.477 e. The normalized spacial score (nSPS) is 16.2. The molecule has 0 spiro atoms. The molecule has 1 saturated heterocycles. The van der Waals surface area contributed by atoms with Gasteiger partial charge in [-0.05, 0) is 44.7 Å². The fraction of sp³-hybridized carbons (Fsp3) is 0.667. The Balaban J connectivity index is 0.00000144. The second-order valence-corrected chi connectivity index (χ2v) is 4.23. The maximum absolute atomic E-state index is 5.51. The summed E-state index contributed by atoms with van der Waals surface area (Å²) in [5.74, 6) is 1.51. The summed E-state index contributed by atoms with van der Waals surface area (Å²) in [6, 6.07) is 0. The van der Waals surface area contributed by atoms with Gasteiger partial charge in [-0.25, -0.2) is 4.98 Å². The lowest BCUT2D eigenvalue weighted by Crippen LogP contribution is -2.27. The van der Waals surface area contributed by atoms with Gasteiger partial charge in [0, 0.05) is 12.4 Å². The van der Waals surface area contributed by atoms with Crippen LogP contribution in [0.15, 0.2) is 18.6 Å². The Bertz CT molecular complexity index is 291. The molecule has 1 aromatic heterocycles. The lowest BCUT2D eigenvalue weighted by atomic mass is 9.93. The van der Waals surface area contributed by atoms with Gasteiger partial charge in [0.1, 0.15) is 0 Å². The van der Waals surface area contributed by atoms with Crippen LogP contribution in [0.1, 0.15) is 25.7 Å². The van der Waals surface area contributed by atoms with Crippen LogP contribution >= 0.6 is 12.4 Å². The quantitative estimate of drug-likeness (QED) is 0.821. The van der Waals surface area contributed by atoms with Crippen molar-refractivity contribution in [2.75, 3.05) is 19.7 Å². The van der Waals surface area contributed by atoms with E-state index in [1.165, 1.54) is 32.4 Å². The van der Waals surface area contributed by atoms with E-state index in [2.05, 4.69) is 15.3 Å². The summed E-state index contributed by atoms with van der Waals surface area (Å²) in [5, 5.41) is 3.38. The minimum atomic E-state index is 0. The van der Waals surface area contributed by atoms with Gasteiger partial charge in [0.2, 0.25) is 5.88 Å². The van der Waals surface area contributed by atoms with Crippen molar-refractivity contribution in [3.63, 3.8) is 0 Å². The summed E-state index contributed by atoms with van der Waals surface area (Å²) in [6.07, 6.45) is 9.97. The molecular weight excluding hydrogens is 238 g/mol. The third-order valence-corrected chi connectivity index (χ3v) is 3.00. The van der Waals surface area contributed by atoms with Crippen LogP contribution in [0.3, 0.4) is 0 Å². The standard InChI is InChI=1S/C12H19N3O.ClH/c1(2-11-3-5-13-6-4-11)9-16-12-10-14-7-8-15-12;/h7-8,10-11,13H,1-6,9H2;1H. The molecule has 0 unspecified atom stereocenters. The minimum absolute atomic E-state index is 0. The molecule has 0 amide bonds. The number of nitrogens with zero attached hydrogens (tertiary/aromatic N) is 2. The number of hydrogen-bond donors (Lipinski definition) is 1. The number of nitrogens with one attached hydrogen (secondary N) is 1. The van der Waals surface area contributed by atoms with Crippen LogP contribution in [0.5, 0.6) is 5.88 Å². The lowest BCUT2D eigenvalue weighted by molar-refractivity contribution is 0.266. The van der Waals surface area contributed by atoms with Gasteiger partial charge < -0.3 is 10.1 Å². The van der Waals surface area contributed by atoms with Crippen LogP contribution in [-0.2, 0) is 0 Å². The van der Waals surface area contributed by atoms with Gasteiger partial charge in [-0.3, -0.25) is 4.98 Å². The highest BCUT2D eigenvalue weighted by Crippen LogP contribution is 2.17. The summed E-state index contributed by atoms with van der Waals surface area (Å²) in [4.78, 5) is 8.03. The average molecular weight is 258 g/mol. The molecule has 0 bridgehead atoms. The molecule has 1 N–H and O–H groups in total. The molecule has 1 aliphatic rings. The Labute approximate surface area is 109 Å². The summed E-state index contributed by atoms with van der Waals surface area (Å²) >= 11 is 0. The molecule has 1 aliphatic heterocycles. The topological polar surface area (TPSA) is 47.0 Å². The first-order valence-corrected chi connectivity index (χ1v) is 6.04. The molecule has 0 radical (unpaired) electrons. The maximum Gasteiger partial charge on any atom is 0.232 e. The number of halogens is 1. The molecule has 1 fully saturated rings. The van der Waals surface area contributed by atoms with Gasteiger partial charge in [0.05, 0.1) is 12.8 Å². The smallest absolute Gasteiger partial charge is 0.232 e. The molecule has 0 aliphatic carbocycles. The van der Waals surface area contributed by atoms with Gasteiger partial charge >= 0.3 is 0 Å². The molecule has 5 heteroatoms. The lowest BCUT2D eigenvalue weighted by Gasteiger charge is -2.22. The molecule has 4 nitrogen and oxygen atoms in total. The highest BCUT2D eigenvalue weighted by molar-refractivity contribution is 5.85. The zero-order chi connectivity index (χ0) is 11.1. The monoisotopic (exact) mass is 257 g/mol. The average Bonchev–Trinajstić information content (AvgIpc) is 2.37. The maximum atomic E-state index is 5.51. The summed E-state index contributed by atoms with van der Waals surface area (Å²) in [7, 11) is 0. The number of ether oxygens (including phenoxy) is 1. The second kappa shape index (κ2) is 8.25. The van der Waals surface area contributed by atoms with Crippen LogP contribution < -0.4 is 10.1 Å². The fourth-order valence-corrected chi connectivity index (χ4v) is 2.08. The van der Waals surface area contributed by atoms with Crippen LogP contribution in [0.2, 0.25) is 0 Å². The van der Waals surface area contributed by atoms with Crippen molar-refractivity contribution in [3.8, 4) is 5.88 Å². The third kappa shape index (κ3) is 5.33. The van der Waals surface area contributed by atoms with E-state index in [0.29, 0.717) is 5.88 Å². The Hall–Kier alpha value is -0.870. The van der Waals surface area contributed by atoms with Crippen molar-refractivity contribution >= 4 is 12.4 Å². The Kier molecular flexibility index (Phi) is 6.89. The molecule has 0 atom stereocenters. The fourth-order valence-electron chi connectivity index (χ4n) is 2.08. The zero-order valence-corrected chi connectivity index (χ0v) is 10.8. The van der Waals surface area contributed by atoms with E-state index in [1.54, 1.807) is 18.6 Å². The van der Waals surface area contributed by atoms with Crippen molar-refractivity contribution in [3.05, 3.63) is 18.6 Å². The van der Waals surface area contributed by atoms with Gasteiger partial charge in [-0.1, -0.05) is 0 Å². The summed E-state index contributed by atoms with van der Waals surface area (Å²) < 4.78 is 5.51. The van der Waals surface area contributed by atoms with E-state index in [0.717, 1.165) is 18.9 Å². The van der Waals surface area contributed by atoms with E-state index in [1.807, 2.05) is 0 Å². The van der Waals surface area contributed by atoms with Crippen LogP contribution in [0.4, 0.5) is 0 Å². The second-order valence-electron chi connectivity index (χ2n) is 4.23. The van der Waals surface area contributed by atoms with Crippen molar-refractivity contribution in [2.45, 2.75) is 25.7 Å². The predicted octanol–water partition coefficient (Wildman–Crippen LogP) is 2.06. The first-order valence-electron chi connectivity index (χ1n) is 6.04. The highest BCUT2D eigenvalue weighted by Gasteiger charge is 2.12. The number of rotatable bonds is 5. The largest absolute Gasteiger partial charge is 0.477 e. The molecule has 96 valence electrons. The van der Waals surface area contributed by atoms with Crippen molar-refractivity contribution in [2.24, 2.45) is 5.92 Å². The van der Waals surface area contributed by atoms with E-state index in [9.17, 15) is 0 Å². The summed E-state index contributed by atoms with van der Waals surface area (Å²) in [5.41, 5.74) is 0. The number of hydrogen-bond acceptors (Lipinski definition) is 4.